The van der Waals surface area contributed by atoms with Gasteiger partial charge in [0.25, 0.3) is 0 Å². The molecule has 0 aliphatic carbocycles. The van der Waals surface area contributed by atoms with Crippen molar-refractivity contribution in [1.29, 1.82) is 0 Å². The third-order valence-corrected chi connectivity index (χ3v) is 4.39. The van der Waals surface area contributed by atoms with Gasteiger partial charge < -0.3 is 10.2 Å². The Morgan fingerprint density at radius 3 is 2.14 bits per heavy atom. The maximum Gasteiger partial charge on any atom is 0.106 e. The Labute approximate surface area is 132 Å². The van der Waals surface area contributed by atoms with Crippen molar-refractivity contribution in [1.82, 2.24) is 5.32 Å². The first-order chi connectivity index (χ1) is 10.8. The standard InChI is InChI=1S/C19H22N2O/c1-14-17(21-22-2)13-18(15-9-5-3-6-10-15)20-19(14)16-11-7-4-8-12-16/h3-12,14,18-20H,13H2,1-2H3/b21-17+/t14-,18+,19-/m1/s1. The van der Waals surface area contributed by atoms with Gasteiger partial charge in [-0.05, 0) is 11.1 Å². The number of hydrogen-bond acceptors (Lipinski definition) is 3. The molecule has 0 saturated carbocycles. The molecule has 1 aliphatic rings. The number of benzene rings is 2. The molecule has 1 heterocycles. The molecule has 3 atom stereocenters. The summed E-state index contributed by atoms with van der Waals surface area (Å²) in [5.41, 5.74) is 3.70. The Morgan fingerprint density at radius 2 is 1.55 bits per heavy atom. The highest BCUT2D eigenvalue weighted by Crippen LogP contribution is 2.35. The third-order valence-electron chi connectivity index (χ3n) is 4.39. The summed E-state index contributed by atoms with van der Waals surface area (Å²) in [5, 5.41) is 8.08. The smallest absolute Gasteiger partial charge is 0.106 e. The predicted molar refractivity (Wildman–Crippen MR) is 89.7 cm³/mol. The van der Waals surface area contributed by atoms with Crippen LogP contribution in [-0.2, 0) is 4.84 Å². The van der Waals surface area contributed by atoms with Crippen LogP contribution in [-0.4, -0.2) is 12.8 Å². The van der Waals surface area contributed by atoms with E-state index in [2.05, 4.69) is 72.0 Å². The van der Waals surface area contributed by atoms with Gasteiger partial charge in [-0.2, -0.15) is 0 Å². The van der Waals surface area contributed by atoms with Crippen molar-refractivity contribution in [2.75, 3.05) is 7.11 Å². The first-order valence-corrected chi connectivity index (χ1v) is 7.75. The summed E-state index contributed by atoms with van der Waals surface area (Å²) in [6.45, 7) is 2.21. The monoisotopic (exact) mass is 294 g/mol. The van der Waals surface area contributed by atoms with Crippen molar-refractivity contribution in [2.45, 2.75) is 25.4 Å². The van der Waals surface area contributed by atoms with Crippen molar-refractivity contribution < 1.29 is 4.84 Å². The van der Waals surface area contributed by atoms with Gasteiger partial charge in [-0.3, -0.25) is 0 Å². The van der Waals surface area contributed by atoms with Crippen LogP contribution in [0.1, 0.15) is 36.6 Å². The number of rotatable bonds is 3. The van der Waals surface area contributed by atoms with E-state index in [1.807, 2.05) is 6.07 Å². The summed E-state index contributed by atoms with van der Waals surface area (Å²) in [5.74, 6) is 0.308. The number of nitrogens with one attached hydrogen (secondary N) is 1. The van der Waals surface area contributed by atoms with E-state index in [1.165, 1.54) is 11.1 Å². The molecule has 3 nitrogen and oxygen atoms in total. The van der Waals surface area contributed by atoms with Crippen molar-refractivity contribution in [2.24, 2.45) is 11.1 Å². The molecule has 1 fully saturated rings. The molecule has 1 N–H and O–H groups in total. The zero-order valence-corrected chi connectivity index (χ0v) is 13.1. The van der Waals surface area contributed by atoms with E-state index in [1.54, 1.807) is 7.11 Å². The van der Waals surface area contributed by atoms with Gasteiger partial charge in [0.15, 0.2) is 0 Å². The normalized spacial score (nSPS) is 26.8. The Morgan fingerprint density at radius 1 is 0.955 bits per heavy atom. The van der Waals surface area contributed by atoms with E-state index in [4.69, 9.17) is 4.84 Å². The van der Waals surface area contributed by atoms with E-state index in [0.717, 1.165) is 12.1 Å². The van der Waals surface area contributed by atoms with E-state index in [0.29, 0.717) is 5.92 Å². The molecule has 2 aromatic carbocycles. The van der Waals surface area contributed by atoms with Crippen LogP contribution in [0.2, 0.25) is 0 Å². The molecule has 0 radical (unpaired) electrons. The fourth-order valence-electron chi connectivity index (χ4n) is 3.19. The van der Waals surface area contributed by atoms with E-state index < -0.39 is 0 Å². The second-order valence-electron chi connectivity index (χ2n) is 5.78. The van der Waals surface area contributed by atoms with Gasteiger partial charge in [0.1, 0.15) is 7.11 Å². The summed E-state index contributed by atoms with van der Waals surface area (Å²) in [6.07, 6.45) is 0.877. The molecule has 2 aromatic rings. The minimum atomic E-state index is 0.244. The topological polar surface area (TPSA) is 33.6 Å². The third kappa shape index (κ3) is 3.04. The lowest BCUT2D eigenvalue weighted by Crippen LogP contribution is -2.41. The zero-order chi connectivity index (χ0) is 15.4. The van der Waals surface area contributed by atoms with Gasteiger partial charge in [-0.1, -0.05) is 72.7 Å². The van der Waals surface area contributed by atoms with Gasteiger partial charge >= 0.3 is 0 Å². The van der Waals surface area contributed by atoms with Crippen LogP contribution in [0, 0.1) is 5.92 Å². The lowest BCUT2D eigenvalue weighted by atomic mass is 9.81. The highest BCUT2D eigenvalue weighted by molar-refractivity contribution is 5.88. The largest absolute Gasteiger partial charge is 0.399 e. The Bertz CT molecular complexity index is 624. The van der Waals surface area contributed by atoms with Crippen molar-refractivity contribution in [3.05, 3.63) is 71.8 Å². The minimum absolute atomic E-state index is 0.244. The molecule has 114 valence electrons. The molecule has 0 unspecified atom stereocenters. The van der Waals surface area contributed by atoms with Crippen LogP contribution in [0.15, 0.2) is 65.8 Å². The van der Waals surface area contributed by atoms with Gasteiger partial charge in [-0.15, -0.1) is 0 Å². The predicted octanol–water partition coefficient (Wildman–Crippen LogP) is 4.10. The average molecular weight is 294 g/mol. The van der Waals surface area contributed by atoms with Gasteiger partial charge in [0.2, 0.25) is 0 Å². The van der Waals surface area contributed by atoms with Crippen LogP contribution >= 0.6 is 0 Å². The zero-order valence-electron chi connectivity index (χ0n) is 13.1. The maximum atomic E-state index is 5.08. The summed E-state index contributed by atoms with van der Waals surface area (Å²) in [7, 11) is 1.62. The quantitative estimate of drug-likeness (QED) is 0.865. The molecule has 0 bridgehead atoms. The second-order valence-corrected chi connectivity index (χ2v) is 5.78. The molecule has 3 heteroatoms. The number of oxime groups is 1. The number of piperidine rings is 1. The molecular formula is C19H22N2O. The molecule has 1 saturated heterocycles. The van der Waals surface area contributed by atoms with E-state index in [9.17, 15) is 0 Å². The Kier molecular flexibility index (Phi) is 4.54. The first-order valence-electron chi connectivity index (χ1n) is 7.75. The Balaban J connectivity index is 1.93. The van der Waals surface area contributed by atoms with Gasteiger partial charge in [0, 0.05) is 24.4 Å². The van der Waals surface area contributed by atoms with Crippen LogP contribution in [0.25, 0.3) is 0 Å². The van der Waals surface area contributed by atoms with Crippen molar-refractivity contribution >= 4 is 5.71 Å². The summed E-state index contributed by atoms with van der Waals surface area (Å²) in [6, 6.07) is 21.6. The van der Waals surface area contributed by atoms with E-state index in [-0.39, 0.29) is 12.1 Å². The lowest BCUT2D eigenvalue weighted by molar-refractivity contribution is 0.205. The molecular weight excluding hydrogens is 272 g/mol. The van der Waals surface area contributed by atoms with Crippen LogP contribution in [0.4, 0.5) is 0 Å². The van der Waals surface area contributed by atoms with Gasteiger partial charge in [-0.25, -0.2) is 0 Å². The lowest BCUT2D eigenvalue weighted by Gasteiger charge is -2.37. The SMILES string of the molecule is CO/N=C1\C[C@@H](c2ccccc2)N[C@@H](c2ccccc2)[C@@H]1C. The molecule has 3 rings (SSSR count). The second kappa shape index (κ2) is 6.75. The minimum Gasteiger partial charge on any atom is -0.399 e. The van der Waals surface area contributed by atoms with Crippen molar-refractivity contribution in [3.63, 3.8) is 0 Å². The highest BCUT2D eigenvalue weighted by atomic mass is 16.6. The van der Waals surface area contributed by atoms with Gasteiger partial charge in [0.05, 0.1) is 5.71 Å². The molecule has 0 aromatic heterocycles. The first kappa shape index (κ1) is 14.8. The Hall–Kier alpha value is -2.13. The molecule has 22 heavy (non-hydrogen) atoms. The number of hydrogen-bond donors (Lipinski definition) is 1. The summed E-state index contributed by atoms with van der Waals surface area (Å²) in [4.78, 5) is 5.08. The maximum absolute atomic E-state index is 5.08. The van der Waals surface area contributed by atoms with Crippen LogP contribution in [0.5, 0.6) is 0 Å². The molecule has 0 amide bonds. The molecule has 0 spiro atoms. The highest BCUT2D eigenvalue weighted by Gasteiger charge is 2.33. The average Bonchev–Trinajstić information content (AvgIpc) is 2.58. The number of nitrogens with zero attached hydrogens (tertiary/aromatic N) is 1. The fraction of sp³-hybridized carbons (Fsp3) is 0.316. The van der Waals surface area contributed by atoms with Crippen molar-refractivity contribution in [3.8, 4) is 0 Å². The summed E-state index contributed by atoms with van der Waals surface area (Å²) < 4.78 is 0. The van der Waals surface area contributed by atoms with E-state index >= 15 is 0 Å². The summed E-state index contributed by atoms with van der Waals surface area (Å²) >= 11 is 0. The fourth-order valence-corrected chi connectivity index (χ4v) is 3.19. The van der Waals surface area contributed by atoms with Crippen LogP contribution in [0.3, 0.4) is 0 Å². The van der Waals surface area contributed by atoms with Crippen LogP contribution < -0.4 is 5.32 Å². The molecule has 1 aliphatic heterocycles.